The summed E-state index contributed by atoms with van der Waals surface area (Å²) in [5.41, 5.74) is 0.621. The molecule has 104 valence electrons. The van der Waals surface area contributed by atoms with Crippen LogP contribution in [0.1, 0.15) is 20.3 Å². The summed E-state index contributed by atoms with van der Waals surface area (Å²) in [6.07, 6.45) is 0.185. The Morgan fingerprint density at radius 2 is 2.05 bits per heavy atom. The van der Waals surface area contributed by atoms with E-state index in [1.54, 1.807) is 31.2 Å². The van der Waals surface area contributed by atoms with Gasteiger partial charge in [-0.15, -0.1) is 0 Å². The third-order valence-corrected chi connectivity index (χ3v) is 2.74. The van der Waals surface area contributed by atoms with Gasteiger partial charge in [0.25, 0.3) is 0 Å². The molecule has 0 heterocycles. The molecule has 0 aliphatic rings. The number of carbonyl (C=O) groups is 2. The number of hydrogen-bond donors (Lipinski definition) is 3. The van der Waals surface area contributed by atoms with Crippen LogP contribution in [-0.4, -0.2) is 29.1 Å². The average Bonchev–Trinajstić information content (AvgIpc) is 2.27. The second-order valence-corrected chi connectivity index (χ2v) is 4.83. The van der Waals surface area contributed by atoms with E-state index >= 15 is 0 Å². The van der Waals surface area contributed by atoms with Crippen molar-refractivity contribution in [1.82, 2.24) is 5.32 Å². The number of anilines is 1. The van der Waals surface area contributed by atoms with Gasteiger partial charge in [-0.25, -0.2) is 0 Å². The lowest BCUT2D eigenvalue weighted by molar-refractivity contribution is -0.139. The van der Waals surface area contributed by atoms with Gasteiger partial charge in [0, 0.05) is 23.2 Å². The summed E-state index contributed by atoms with van der Waals surface area (Å²) in [5, 5.41) is 14.8. The molecule has 0 radical (unpaired) electrons. The molecule has 0 bridgehead atoms. The van der Waals surface area contributed by atoms with Crippen LogP contribution in [0.3, 0.4) is 0 Å². The van der Waals surface area contributed by atoms with Gasteiger partial charge in [-0.1, -0.05) is 17.7 Å². The number of carbonyl (C=O) groups excluding carboxylic acids is 1. The van der Waals surface area contributed by atoms with Crippen molar-refractivity contribution in [3.05, 3.63) is 29.3 Å². The first-order valence-electron chi connectivity index (χ1n) is 5.92. The van der Waals surface area contributed by atoms with E-state index in [0.717, 1.165) is 0 Å². The molecule has 1 amide bonds. The molecule has 0 saturated carbocycles. The summed E-state index contributed by atoms with van der Waals surface area (Å²) >= 11 is 5.81. The molecule has 1 aromatic carbocycles. The molecule has 19 heavy (non-hydrogen) atoms. The van der Waals surface area contributed by atoms with Crippen LogP contribution in [0.25, 0.3) is 0 Å². The van der Waals surface area contributed by atoms with E-state index in [1.165, 1.54) is 6.92 Å². The van der Waals surface area contributed by atoms with Gasteiger partial charge in [0.1, 0.15) is 6.04 Å². The van der Waals surface area contributed by atoms with Gasteiger partial charge in [-0.05, 0) is 32.0 Å². The first kappa shape index (κ1) is 15.5. The molecule has 0 aliphatic heterocycles. The maximum Gasteiger partial charge on any atom is 0.320 e. The predicted octanol–water partition coefficient (Wildman–Crippen LogP) is 2.12. The highest BCUT2D eigenvalue weighted by Gasteiger charge is 2.16. The molecule has 2 atom stereocenters. The van der Waals surface area contributed by atoms with Crippen LogP contribution < -0.4 is 10.6 Å². The van der Waals surface area contributed by atoms with Crippen molar-refractivity contribution < 1.29 is 14.7 Å². The van der Waals surface area contributed by atoms with E-state index < -0.39 is 12.0 Å². The highest BCUT2D eigenvalue weighted by atomic mass is 35.5. The molecule has 0 spiro atoms. The second kappa shape index (κ2) is 7.11. The Morgan fingerprint density at radius 1 is 1.37 bits per heavy atom. The number of aliphatic carboxylic acids is 1. The Kier molecular flexibility index (Phi) is 5.79. The van der Waals surface area contributed by atoms with E-state index in [4.69, 9.17) is 16.7 Å². The zero-order valence-electron chi connectivity index (χ0n) is 10.8. The topological polar surface area (TPSA) is 78.4 Å². The highest BCUT2D eigenvalue weighted by Crippen LogP contribution is 2.15. The molecule has 5 nitrogen and oxygen atoms in total. The van der Waals surface area contributed by atoms with Crippen molar-refractivity contribution in [2.75, 3.05) is 5.32 Å². The van der Waals surface area contributed by atoms with E-state index in [0.29, 0.717) is 10.7 Å². The number of benzene rings is 1. The summed E-state index contributed by atoms with van der Waals surface area (Å²) in [5.74, 6) is -1.14. The summed E-state index contributed by atoms with van der Waals surface area (Å²) < 4.78 is 0. The normalized spacial score (nSPS) is 13.6. The Morgan fingerprint density at radius 3 is 2.63 bits per heavy atom. The van der Waals surface area contributed by atoms with Crippen LogP contribution in [0.4, 0.5) is 5.69 Å². The van der Waals surface area contributed by atoms with E-state index in [1.807, 2.05) is 0 Å². The predicted molar refractivity (Wildman–Crippen MR) is 74.4 cm³/mol. The maximum absolute atomic E-state index is 11.7. The molecule has 0 aliphatic carbocycles. The fraction of sp³-hybridized carbons (Fsp3) is 0.385. The number of halogens is 1. The highest BCUT2D eigenvalue weighted by molar-refractivity contribution is 6.30. The van der Waals surface area contributed by atoms with Gasteiger partial charge in [-0.3, -0.25) is 9.59 Å². The fourth-order valence-electron chi connectivity index (χ4n) is 1.61. The average molecular weight is 285 g/mol. The van der Waals surface area contributed by atoms with Gasteiger partial charge < -0.3 is 15.7 Å². The van der Waals surface area contributed by atoms with Crippen LogP contribution in [0.15, 0.2) is 24.3 Å². The number of nitrogens with one attached hydrogen (secondary N) is 2. The van der Waals surface area contributed by atoms with E-state index in [-0.39, 0.29) is 18.4 Å². The third kappa shape index (κ3) is 5.72. The maximum atomic E-state index is 11.7. The molecule has 0 aromatic heterocycles. The molecule has 6 heteroatoms. The standard InChI is InChI=1S/C13H17ClN2O3/c1-8(15-9(2)13(18)19)6-12(17)16-11-5-3-4-10(14)7-11/h3-5,7-9,15H,6H2,1-2H3,(H,16,17)(H,18,19)/t8?,9-/m1/s1. The van der Waals surface area contributed by atoms with Gasteiger partial charge in [0.15, 0.2) is 0 Å². The zero-order chi connectivity index (χ0) is 14.4. The second-order valence-electron chi connectivity index (χ2n) is 4.39. The summed E-state index contributed by atoms with van der Waals surface area (Å²) in [7, 11) is 0. The van der Waals surface area contributed by atoms with Crippen molar-refractivity contribution in [2.45, 2.75) is 32.4 Å². The molecule has 3 N–H and O–H groups in total. The first-order valence-corrected chi connectivity index (χ1v) is 6.30. The molecular formula is C13H17ClN2O3. The van der Waals surface area contributed by atoms with Crippen LogP contribution in [0, 0.1) is 0 Å². The zero-order valence-corrected chi connectivity index (χ0v) is 11.6. The fourth-order valence-corrected chi connectivity index (χ4v) is 1.80. The summed E-state index contributed by atoms with van der Waals surface area (Å²) in [6.45, 7) is 3.30. The van der Waals surface area contributed by atoms with Gasteiger partial charge >= 0.3 is 5.97 Å². The van der Waals surface area contributed by atoms with Crippen molar-refractivity contribution >= 4 is 29.2 Å². The van der Waals surface area contributed by atoms with Crippen molar-refractivity contribution in [1.29, 1.82) is 0 Å². The van der Waals surface area contributed by atoms with Crippen molar-refractivity contribution in [3.8, 4) is 0 Å². The number of hydrogen-bond acceptors (Lipinski definition) is 3. The molecule has 0 saturated heterocycles. The molecule has 1 rings (SSSR count). The quantitative estimate of drug-likeness (QED) is 0.748. The van der Waals surface area contributed by atoms with Gasteiger partial charge in [0.05, 0.1) is 0 Å². The number of carboxylic acid groups (broad SMARTS) is 1. The minimum absolute atomic E-state index is 0.185. The van der Waals surface area contributed by atoms with Gasteiger partial charge in [0.2, 0.25) is 5.91 Å². The minimum atomic E-state index is -0.943. The lowest BCUT2D eigenvalue weighted by atomic mass is 10.2. The SMILES string of the molecule is CC(CC(=O)Nc1cccc(Cl)c1)N[C@H](C)C(=O)O. The smallest absolute Gasteiger partial charge is 0.320 e. The summed E-state index contributed by atoms with van der Waals surface area (Å²) in [6, 6.07) is 5.93. The number of amides is 1. The van der Waals surface area contributed by atoms with Crippen LogP contribution in [0.2, 0.25) is 5.02 Å². The van der Waals surface area contributed by atoms with Crippen LogP contribution in [0.5, 0.6) is 0 Å². The van der Waals surface area contributed by atoms with E-state index in [9.17, 15) is 9.59 Å². The lowest BCUT2D eigenvalue weighted by Crippen LogP contribution is -2.41. The number of carboxylic acids is 1. The Hall–Kier alpha value is -1.59. The molecular weight excluding hydrogens is 268 g/mol. The van der Waals surface area contributed by atoms with Crippen molar-refractivity contribution in [2.24, 2.45) is 0 Å². The van der Waals surface area contributed by atoms with Crippen LogP contribution >= 0.6 is 11.6 Å². The largest absolute Gasteiger partial charge is 0.480 e. The summed E-state index contributed by atoms with van der Waals surface area (Å²) in [4.78, 5) is 22.4. The molecule has 1 unspecified atom stereocenters. The Bertz CT molecular complexity index is 465. The van der Waals surface area contributed by atoms with Crippen LogP contribution in [-0.2, 0) is 9.59 Å². The molecule has 1 aromatic rings. The minimum Gasteiger partial charge on any atom is -0.480 e. The first-order chi connectivity index (χ1) is 8.88. The number of rotatable bonds is 6. The van der Waals surface area contributed by atoms with E-state index in [2.05, 4.69) is 10.6 Å². The third-order valence-electron chi connectivity index (χ3n) is 2.50. The lowest BCUT2D eigenvalue weighted by Gasteiger charge is -2.16. The van der Waals surface area contributed by atoms with Gasteiger partial charge in [-0.2, -0.15) is 0 Å². The molecule has 0 fully saturated rings. The monoisotopic (exact) mass is 284 g/mol. The Labute approximate surface area is 117 Å². The van der Waals surface area contributed by atoms with Crippen molar-refractivity contribution in [3.63, 3.8) is 0 Å². The Balaban J connectivity index is 2.45.